The number of nitrogens with zero attached hydrogens (tertiary/aromatic N) is 4. The fraction of sp³-hybridized carbons (Fsp3) is 0.400. The molecule has 1 aliphatic heterocycles. The van der Waals surface area contributed by atoms with E-state index in [0.29, 0.717) is 24.1 Å². The zero-order chi connectivity index (χ0) is 22.4. The third-order valence-electron chi connectivity index (χ3n) is 5.62. The summed E-state index contributed by atoms with van der Waals surface area (Å²) in [5.41, 5.74) is -0.941. The molecule has 2 heterocycles. The van der Waals surface area contributed by atoms with Gasteiger partial charge < -0.3 is 5.32 Å². The first-order chi connectivity index (χ1) is 14.6. The molecule has 1 aliphatic carbocycles. The molecule has 1 saturated carbocycles. The number of benzene rings is 1. The number of hydrogen-bond acceptors (Lipinski definition) is 4. The quantitative estimate of drug-likeness (QED) is 0.551. The molecular formula is C20H19ClF3N5O2. The Morgan fingerprint density at radius 2 is 1.94 bits per heavy atom. The molecule has 1 N–H and O–H groups in total. The first-order valence-electron chi connectivity index (χ1n) is 9.76. The van der Waals surface area contributed by atoms with Crippen LogP contribution in [0.2, 0.25) is 5.15 Å². The minimum absolute atomic E-state index is 0.0139. The molecule has 1 aromatic heterocycles. The van der Waals surface area contributed by atoms with Crippen molar-refractivity contribution >= 4 is 29.8 Å². The second-order valence-electron chi connectivity index (χ2n) is 7.68. The molecule has 164 valence electrons. The highest BCUT2D eigenvalue weighted by molar-refractivity contribution is 6.32. The van der Waals surface area contributed by atoms with Crippen LogP contribution in [-0.2, 0) is 11.0 Å². The van der Waals surface area contributed by atoms with Gasteiger partial charge in [0.25, 0.3) is 5.91 Å². The minimum atomic E-state index is -4.51. The lowest BCUT2D eigenvalue weighted by Crippen LogP contribution is -2.48. The number of hydrogen-bond donors (Lipinski definition) is 1. The molecule has 11 heteroatoms. The third-order valence-corrected chi connectivity index (χ3v) is 5.98. The molecule has 0 unspecified atom stereocenters. The first kappa shape index (κ1) is 21.4. The molecule has 0 radical (unpaired) electrons. The van der Waals surface area contributed by atoms with Gasteiger partial charge in [0.2, 0.25) is 0 Å². The molecule has 7 nitrogen and oxygen atoms in total. The van der Waals surface area contributed by atoms with Crippen molar-refractivity contribution in [1.29, 1.82) is 0 Å². The van der Waals surface area contributed by atoms with Crippen molar-refractivity contribution in [2.45, 2.75) is 50.7 Å². The van der Waals surface area contributed by atoms with Crippen LogP contribution >= 0.6 is 11.6 Å². The largest absolute Gasteiger partial charge is 0.416 e. The number of alkyl halides is 3. The highest BCUT2D eigenvalue weighted by atomic mass is 35.5. The molecular weight excluding hydrogens is 435 g/mol. The molecule has 1 aromatic carbocycles. The Morgan fingerprint density at radius 3 is 2.61 bits per heavy atom. The Kier molecular flexibility index (Phi) is 5.28. The number of halogens is 4. The Hall–Kier alpha value is -2.88. The van der Waals surface area contributed by atoms with Gasteiger partial charge in [-0.2, -0.15) is 23.4 Å². The van der Waals surface area contributed by atoms with Crippen molar-refractivity contribution < 1.29 is 22.8 Å². The van der Waals surface area contributed by atoms with E-state index in [1.807, 2.05) is 0 Å². The number of amides is 3. The number of carbonyl (C=O) groups is 2. The lowest BCUT2D eigenvalue weighted by atomic mass is 9.82. The number of urea groups is 1. The Labute approximate surface area is 180 Å². The van der Waals surface area contributed by atoms with Crippen LogP contribution in [0.15, 0.2) is 29.4 Å². The van der Waals surface area contributed by atoms with Gasteiger partial charge in [-0.05, 0) is 38.0 Å². The molecule has 1 saturated heterocycles. The monoisotopic (exact) mass is 453 g/mol. The van der Waals surface area contributed by atoms with Crippen LogP contribution < -0.4 is 5.32 Å². The summed E-state index contributed by atoms with van der Waals surface area (Å²) >= 11 is 6.36. The van der Waals surface area contributed by atoms with Crippen molar-refractivity contribution in [3.8, 4) is 5.69 Å². The summed E-state index contributed by atoms with van der Waals surface area (Å²) in [6.45, 7) is 1.60. The number of carbonyl (C=O) groups excluding carboxylic acids is 2. The second kappa shape index (κ2) is 7.67. The SMILES string of the molecule is Cc1nn(-c2cccc(C(F)(F)F)c2)c(Cl)c1C=NN1C(=O)NC2(CCCCC2)C1=O. The standard InChI is InChI=1S/C20H19ClF3N5O2/c1-12-15(11-25-29-17(30)19(26-18(29)31)8-3-2-4-9-19)16(21)28(27-12)14-7-5-6-13(10-14)20(22,23)24/h5-7,10-11H,2-4,8-9H2,1H3,(H,26,31). The maximum absolute atomic E-state index is 13.0. The molecule has 2 fully saturated rings. The maximum Gasteiger partial charge on any atom is 0.416 e. The normalized spacial score (nSPS) is 18.9. The molecule has 31 heavy (non-hydrogen) atoms. The molecule has 0 atom stereocenters. The molecule has 1 spiro atoms. The molecule has 2 aliphatic rings. The summed E-state index contributed by atoms with van der Waals surface area (Å²) in [6.07, 6.45) is 0.559. The Balaban J connectivity index is 1.62. The average Bonchev–Trinajstić information content (AvgIpc) is 3.13. The summed E-state index contributed by atoms with van der Waals surface area (Å²) in [6, 6.07) is 3.98. The van der Waals surface area contributed by atoms with Gasteiger partial charge >= 0.3 is 12.2 Å². The average molecular weight is 454 g/mol. The van der Waals surface area contributed by atoms with E-state index in [2.05, 4.69) is 15.5 Å². The van der Waals surface area contributed by atoms with Crippen LogP contribution in [0, 0.1) is 6.92 Å². The third kappa shape index (κ3) is 3.80. The first-order valence-corrected chi connectivity index (χ1v) is 10.1. The summed E-state index contributed by atoms with van der Waals surface area (Å²) in [5, 5.41) is 11.8. The number of hydrazone groups is 1. The Bertz CT molecular complexity index is 1070. The summed E-state index contributed by atoms with van der Waals surface area (Å²) in [5.74, 6) is -0.410. The number of aryl methyl sites for hydroxylation is 1. The van der Waals surface area contributed by atoms with Crippen LogP contribution in [-0.4, -0.2) is 38.5 Å². The number of rotatable bonds is 3. The number of aromatic nitrogens is 2. The van der Waals surface area contributed by atoms with Crippen molar-refractivity contribution in [2.75, 3.05) is 0 Å². The lowest BCUT2D eigenvalue weighted by molar-refractivity contribution is -0.137. The van der Waals surface area contributed by atoms with E-state index in [1.54, 1.807) is 6.92 Å². The van der Waals surface area contributed by atoms with Crippen molar-refractivity contribution in [1.82, 2.24) is 20.1 Å². The van der Waals surface area contributed by atoms with E-state index in [9.17, 15) is 22.8 Å². The van der Waals surface area contributed by atoms with Crippen LogP contribution in [0.5, 0.6) is 0 Å². The zero-order valence-electron chi connectivity index (χ0n) is 16.5. The topological polar surface area (TPSA) is 79.6 Å². The summed E-state index contributed by atoms with van der Waals surface area (Å²) < 4.78 is 40.2. The lowest BCUT2D eigenvalue weighted by Gasteiger charge is -2.29. The predicted molar refractivity (Wildman–Crippen MR) is 107 cm³/mol. The molecule has 2 aromatic rings. The van der Waals surface area contributed by atoms with E-state index in [0.717, 1.165) is 41.1 Å². The van der Waals surface area contributed by atoms with E-state index >= 15 is 0 Å². The van der Waals surface area contributed by atoms with Crippen molar-refractivity contribution in [3.63, 3.8) is 0 Å². The molecule has 3 amide bonds. The summed E-state index contributed by atoms with van der Waals surface area (Å²) in [4.78, 5) is 25.1. The second-order valence-corrected chi connectivity index (χ2v) is 8.04. The van der Waals surface area contributed by atoms with Crippen LogP contribution in [0.1, 0.15) is 48.9 Å². The van der Waals surface area contributed by atoms with E-state index < -0.39 is 29.2 Å². The number of imide groups is 1. The highest BCUT2D eigenvalue weighted by Crippen LogP contribution is 2.34. The maximum atomic E-state index is 13.0. The van der Waals surface area contributed by atoms with E-state index in [-0.39, 0.29) is 10.8 Å². The minimum Gasteiger partial charge on any atom is -0.321 e. The van der Waals surface area contributed by atoms with E-state index in [4.69, 9.17) is 11.6 Å². The fourth-order valence-corrected chi connectivity index (χ4v) is 4.28. The van der Waals surface area contributed by atoms with Gasteiger partial charge in [0.05, 0.1) is 28.7 Å². The van der Waals surface area contributed by atoms with Crippen molar-refractivity contribution in [2.24, 2.45) is 5.10 Å². The number of nitrogens with one attached hydrogen (secondary N) is 1. The molecule has 4 rings (SSSR count). The van der Waals surface area contributed by atoms with Crippen LogP contribution in [0.25, 0.3) is 5.69 Å². The molecule has 0 bridgehead atoms. The van der Waals surface area contributed by atoms with Crippen LogP contribution in [0.4, 0.5) is 18.0 Å². The van der Waals surface area contributed by atoms with Gasteiger partial charge in [0, 0.05) is 0 Å². The smallest absolute Gasteiger partial charge is 0.321 e. The predicted octanol–water partition coefficient (Wildman–Crippen LogP) is 4.44. The van der Waals surface area contributed by atoms with Gasteiger partial charge in [-0.3, -0.25) is 4.79 Å². The van der Waals surface area contributed by atoms with Gasteiger partial charge in [-0.15, -0.1) is 5.01 Å². The summed E-state index contributed by atoms with van der Waals surface area (Å²) in [7, 11) is 0. The van der Waals surface area contributed by atoms with Crippen molar-refractivity contribution in [3.05, 3.63) is 46.2 Å². The van der Waals surface area contributed by atoms with Gasteiger partial charge in [0.1, 0.15) is 10.7 Å². The van der Waals surface area contributed by atoms with Gasteiger partial charge in [0.15, 0.2) is 0 Å². The van der Waals surface area contributed by atoms with Gasteiger partial charge in [-0.1, -0.05) is 36.9 Å². The highest BCUT2D eigenvalue weighted by Gasteiger charge is 2.51. The fourth-order valence-electron chi connectivity index (χ4n) is 3.96. The Morgan fingerprint density at radius 1 is 1.23 bits per heavy atom. The zero-order valence-corrected chi connectivity index (χ0v) is 17.3. The van der Waals surface area contributed by atoms with E-state index in [1.165, 1.54) is 18.3 Å². The van der Waals surface area contributed by atoms with Crippen LogP contribution in [0.3, 0.4) is 0 Å². The van der Waals surface area contributed by atoms with Gasteiger partial charge in [-0.25, -0.2) is 9.48 Å².